The zero-order chi connectivity index (χ0) is 27.8. The van der Waals surface area contributed by atoms with Gasteiger partial charge in [-0.2, -0.15) is 13.2 Å². The summed E-state index contributed by atoms with van der Waals surface area (Å²) in [4.78, 5) is 39.7. The van der Waals surface area contributed by atoms with Crippen LogP contribution in [0.3, 0.4) is 0 Å². The van der Waals surface area contributed by atoms with E-state index in [0.29, 0.717) is 9.59 Å². The fraction of sp³-hybridized carbons (Fsp3) is 0.190. The van der Waals surface area contributed by atoms with Gasteiger partial charge in [-0.15, -0.1) is 10.2 Å². The quantitative estimate of drug-likeness (QED) is 0.246. The maximum atomic E-state index is 13.1. The van der Waals surface area contributed by atoms with Gasteiger partial charge >= 0.3 is 11.9 Å². The number of nitro groups is 1. The Morgan fingerprint density at radius 2 is 1.82 bits per heavy atom. The van der Waals surface area contributed by atoms with Crippen LogP contribution < -0.4 is 11.4 Å². The Balaban J connectivity index is 1.80. The summed E-state index contributed by atoms with van der Waals surface area (Å²) in [5.74, 6) is -2.05. The first-order valence-electron chi connectivity index (χ1n) is 10.5. The summed E-state index contributed by atoms with van der Waals surface area (Å²) in [6.45, 7) is -1.71. The summed E-state index contributed by atoms with van der Waals surface area (Å²) in [6.07, 6.45) is -7.89. The zero-order valence-electron chi connectivity index (χ0n) is 18.9. The standard InChI is InChI=1S/C21H16ClF3N8O5/c22-12-7-5-11(6-8-12)18-29-31(20(36)30(18)9-15(34)21(23,24)25)10-16-27-19(17(26)35)32(28-16)13-3-1-2-4-14(13)33(37)38/h1-8,15,34H,9-10H2,(H2,26,35). The molecule has 0 radical (unpaired) electrons. The maximum absolute atomic E-state index is 13.1. The molecular formula is C21H16ClF3N8O5. The zero-order valence-corrected chi connectivity index (χ0v) is 19.7. The Morgan fingerprint density at radius 3 is 2.42 bits per heavy atom. The van der Waals surface area contributed by atoms with Gasteiger partial charge in [0.25, 0.3) is 11.6 Å². The monoisotopic (exact) mass is 552 g/mol. The number of benzene rings is 2. The normalized spacial score (nSPS) is 12.4. The second-order valence-corrected chi connectivity index (χ2v) is 8.25. The molecule has 198 valence electrons. The van der Waals surface area contributed by atoms with E-state index in [9.17, 15) is 38.0 Å². The number of amides is 1. The first-order chi connectivity index (χ1) is 17.9. The lowest BCUT2D eigenvalue weighted by atomic mass is 10.2. The molecule has 0 spiro atoms. The number of carbonyl (C=O) groups is 1. The van der Waals surface area contributed by atoms with E-state index in [0.717, 1.165) is 15.4 Å². The van der Waals surface area contributed by atoms with E-state index in [1.54, 1.807) is 0 Å². The Hall–Kier alpha value is -4.57. The van der Waals surface area contributed by atoms with Crippen LogP contribution in [0.2, 0.25) is 5.02 Å². The van der Waals surface area contributed by atoms with E-state index >= 15 is 0 Å². The van der Waals surface area contributed by atoms with Crippen LogP contribution in [-0.2, 0) is 13.1 Å². The van der Waals surface area contributed by atoms with E-state index in [4.69, 9.17) is 17.3 Å². The number of halogens is 4. The largest absolute Gasteiger partial charge is 0.416 e. The Bertz CT molecular complexity index is 1580. The molecule has 0 aliphatic carbocycles. The summed E-state index contributed by atoms with van der Waals surface area (Å²) < 4.78 is 41.3. The lowest BCUT2D eigenvalue weighted by molar-refractivity contribution is -0.384. The van der Waals surface area contributed by atoms with Crippen LogP contribution in [0.4, 0.5) is 18.9 Å². The average molecular weight is 553 g/mol. The van der Waals surface area contributed by atoms with Gasteiger partial charge in [-0.25, -0.2) is 19.1 Å². The lowest BCUT2D eigenvalue weighted by Crippen LogP contribution is -2.37. The molecule has 2 aromatic heterocycles. The summed E-state index contributed by atoms with van der Waals surface area (Å²) in [5.41, 5.74) is 3.97. The molecule has 4 rings (SSSR count). The third-order valence-corrected chi connectivity index (χ3v) is 5.48. The van der Waals surface area contributed by atoms with Gasteiger partial charge in [0.2, 0.25) is 5.82 Å². The minimum atomic E-state index is -5.01. The van der Waals surface area contributed by atoms with Crippen molar-refractivity contribution in [2.24, 2.45) is 5.73 Å². The van der Waals surface area contributed by atoms with Crippen LogP contribution in [0.25, 0.3) is 17.1 Å². The van der Waals surface area contributed by atoms with Crippen LogP contribution in [0.5, 0.6) is 0 Å². The van der Waals surface area contributed by atoms with Gasteiger partial charge in [-0.3, -0.25) is 19.5 Å². The smallest absolute Gasteiger partial charge is 0.382 e. The molecule has 17 heteroatoms. The third kappa shape index (κ3) is 5.25. The van der Waals surface area contributed by atoms with Gasteiger partial charge in [-0.05, 0) is 30.3 Å². The summed E-state index contributed by atoms with van der Waals surface area (Å²) in [6, 6.07) is 11.0. The van der Waals surface area contributed by atoms with E-state index in [2.05, 4.69) is 15.2 Å². The molecule has 2 aromatic carbocycles. The highest BCUT2D eigenvalue weighted by atomic mass is 35.5. The van der Waals surface area contributed by atoms with Crippen molar-refractivity contribution in [3.05, 3.63) is 85.8 Å². The number of hydrogen-bond acceptors (Lipinski definition) is 8. The number of carbonyl (C=O) groups excluding carboxylic acids is 1. The summed E-state index contributed by atoms with van der Waals surface area (Å²) in [7, 11) is 0. The molecule has 1 amide bonds. The highest BCUT2D eigenvalue weighted by molar-refractivity contribution is 6.30. The Kier molecular flexibility index (Phi) is 7.01. The second-order valence-electron chi connectivity index (χ2n) is 7.81. The van der Waals surface area contributed by atoms with Crippen LogP contribution in [0.1, 0.15) is 16.4 Å². The van der Waals surface area contributed by atoms with Gasteiger partial charge in [-0.1, -0.05) is 23.7 Å². The molecular weight excluding hydrogens is 537 g/mol. The molecule has 1 atom stereocenters. The molecule has 0 saturated heterocycles. The van der Waals surface area contributed by atoms with Crippen molar-refractivity contribution in [1.82, 2.24) is 29.1 Å². The van der Waals surface area contributed by atoms with Crippen molar-refractivity contribution in [2.45, 2.75) is 25.4 Å². The van der Waals surface area contributed by atoms with E-state index in [-0.39, 0.29) is 22.9 Å². The fourth-order valence-electron chi connectivity index (χ4n) is 3.48. The van der Waals surface area contributed by atoms with Crippen molar-refractivity contribution < 1.29 is 28.0 Å². The van der Waals surface area contributed by atoms with Gasteiger partial charge in [0.05, 0.1) is 11.5 Å². The SMILES string of the molecule is NC(=O)c1nc(Cn2nc(-c3ccc(Cl)cc3)n(CC(O)C(F)(F)F)c2=O)nn1-c1ccccc1[N+](=O)[O-]. The number of para-hydroxylation sites is 2. The number of alkyl halides is 3. The number of rotatable bonds is 8. The molecule has 3 N–H and O–H groups in total. The number of nitro benzene ring substituents is 1. The molecule has 0 aliphatic rings. The van der Waals surface area contributed by atoms with Crippen molar-refractivity contribution in [3.8, 4) is 17.1 Å². The molecule has 38 heavy (non-hydrogen) atoms. The van der Waals surface area contributed by atoms with Gasteiger partial charge < -0.3 is 10.8 Å². The van der Waals surface area contributed by atoms with Gasteiger partial charge in [0.1, 0.15) is 12.2 Å². The van der Waals surface area contributed by atoms with E-state index in [1.165, 1.54) is 42.5 Å². The number of hydrogen-bond donors (Lipinski definition) is 2. The molecule has 0 fully saturated rings. The highest BCUT2D eigenvalue weighted by Gasteiger charge is 2.39. The topological polar surface area (TPSA) is 177 Å². The molecule has 4 aromatic rings. The molecule has 13 nitrogen and oxygen atoms in total. The lowest BCUT2D eigenvalue weighted by Gasteiger charge is -2.15. The fourth-order valence-corrected chi connectivity index (χ4v) is 3.60. The molecule has 0 saturated carbocycles. The van der Waals surface area contributed by atoms with Crippen molar-refractivity contribution in [3.63, 3.8) is 0 Å². The minimum Gasteiger partial charge on any atom is -0.382 e. The van der Waals surface area contributed by atoms with Crippen molar-refractivity contribution in [2.75, 3.05) is 0 Å². The van der Waals surface area contributed by atoms with E-state index in [1.807, 2.05) is 0 Å². The van der Waals surface area contributed by atoms with Crippen LogP contribution in [0, 0.1) is 10.1 Å². The number of primary amides is 1. The first-order valence-corrected chi connectivity index (χ1v) is 10.9. The van der Waals surface area contributed by atoms with Crippen LogP contribution in [-0.4, -0.2) is 57.3 Å². The maximum Gasteiger partial charge on any atom is 0.416 e. The summed E-state index contributed by atoms with van der Waals surface area (Å²) in [5, 5.41) is 29.5. The molecule has 0 bridgehead atoms. The number of aromatic nitrogens is 6. The summed E-state index contributed by atoms with van der Waals surface area (Å²) >= 11 is 5.87. The van der Waals surface area contributed by atoms with Crippen molar-refractivity contribution in [1.29, 1.82) is 0 Å². The molecule has 0 aliphatic heterocycles. The molecule has 2 heterocycles. The Labute approximate surface area is 214 Å². The second kappa shape index (κ2) is 10.1. The van der Waals surface area contributed by atoms with Gasteiger partial charge in [0, 0.05) is 16.7 Å². The highest BCUT2D eigenvalue weighted by Crippen LogP contribution is 2.25. The number of nitrogens with zero attached hydrogens (tertiary/aromatic N) is 7. The average Bonchev–Trinajstić information content (AvgIpc) is 3.41. The van der Waals surface area contributed by atoms with Gasteiger partial charge in [0.15, 0.2) is 17.8 Å². The third-order valence-electron chi connectivity index (χ3n) is 5.23. The van der Waals surface area contributed by atoms with Crippen LogP contribution >= 0.6 is 11.6 Å². The van der Waals surface area contributed by atoms with Crippen LogP contribution in [0.15, 0.2) is 53.3 Å². The predicted molar refractivity (Wildman–Crippen MR) is 125 cm³/mol. The van der Waals surface area contributed by atoms with E-state index < -0.39 is 53.4 Å². The number of nitrogens with two attached hydrogens (primary N) is 1. The first kappa shape index (κ1) is 26.5. The predicted octanol–water partition coefficient (Wildman–Crippen LogP) is 1.92. The Morgan fingerprint density at radius 1 is 1.16 bits per heavy atom. The molecule has 1 unspecified atom stereocenters. The van der Waals surface area contributed by atoms with Crippen molar-refractivity contribution >= 4 is 23.2 Å². The minimum absolute atomic E-state index is 0.141. The number of aliphatic hydroxyl groups excluding tert-OH is 1. The number of aliphatic hydroxyl groups is 1.